The number of nitrogens with two attached hydrogens (primary N) is 5. The highest BCUT2D eigenvalue weighted by atomic mass is 15.3. The molecule has 0 aliphatic rings. The van der Waals surface area contributed by atoms with Gasteiger partial charge in [-0.2, -0.15) is 0 Å². The molecule has 0 saturated heterocycles. The molecule has 1 aromatic rings. The van der Waals surface area contributed by atoms with Crippen LogP contribution >= 0.6 is 0 Å². The van der Waals surface area contributed by atoms with Crippen molar-refractivity contribution >= 4 is 17.1 Å². The Balaban J connectivity index is 2.90. The molecule has 0 atom stereocenters. The van der Waals surface area contributed by atoms with E-state index < -0.39 is 5.91 Å². The first-order chi connectivity index (χ1) is 5.88. The molecule has 0 aliphatic heterocycles. The summed E-state index contributed by atoms with van der Waals surface area (Å²) in [6.45, 7) is 0. The van der Waals surface area contributed by atoms with Gasteiger partial charge in [0.05, 0.1) is 11.4 Å². The van der Waals surface area contributed by atoms with E-state index in [2.05, 4.69) is 5.32 Å². The van der Waals surface area contributed by atoms with Gasteiger partial charge in [0, 0.05) is 5.69 Å². The molecule has 0 amide bonds. The maximum absolute atomic E-state index is 5.62. The first-order valence-electron chi connectivity index (χ1n) is 3.68. The standard InChI is InChI=1S/C7H14N6/c8-4-1-2-6(5(9)3-4)13-7(10,11)12/h1-3,13H,8-12H2. The van der Waals surface area contributed by atoms with Gasteiger partial charge in [-0.3, -0.25) is 17.2 Å². The molecule has 0 spiro atoms. The molecule has 72 valence electrons. The van der Waals surface area contributed by atoms with Crippen molar-refractivity contribution in [1.29, 1.82) is 0 Å². The highest BCUT2D eigenvalue weighted by Crippen LogP contribution is 2.21. The molecule has 0 saturated carbocycles. The van der Waals surface area contributed by atoms with E-state index >= 15 is 0 Å². The predicted molar refractivity (Wildman–Crippen MR) is 54.2 cm³/mol. The molecular formula is C7H14N6. The van der Waals surface area contributed by atoms with Gasteiger partial charge in [0.2, 0.25) is 0 Å². The summed E-state index contributed by atoms with van der Waals surface area (Å²) in [6, 6.07) is 4.92. The van der Waals surface area contributed by atoms with Crippen LogP contribution in [0.25, 0.3) is 0 Å². The van der Waals surface area contributed by atoms with Gasteiger partial charge in [0.1, 0.15) is 0 Å². The van der Waals surface area contributed by atoms with Crippen LogP contribution in [0.4, 0.5) is 17.1 Å². The lowest BCUT2D eigenvalue weighted by Crippen LogP contribution is -2.64. The van der Waals surface area contributed by atoms with Gasteiger partial charge in [-0.15, -0.1) is 0 Å². The van der Waals surface area contributed by atoms with Crippen molar-refractivity contribution in [3.8, 4) is 0 Å². The molecule has 0 bridgehead atoms. The lowest BCUT2D eigenvalue weighted by Gasteiger charge is -2.22. The van der Waals surface area contributed by atoms with Gasteiger partial charge in [-0.05, 0) is 18.2 Å². The van der Waals surface area contributed by atoms with E-state index in [9.17, 15) is 0 Å². The Kier molecular flexibility index (Phi) is 2.28. The summed E-state index contributed by atoms with van der Waals surface area (Å²) in [7, 11) is 0. The Morgan fingerprint density at radius 2 is 1.69 bits per heavy atom. The topological polar surface area (TPSA) is 142 Å². The van der Waals surface area contributed by atoms with Crippen LogP contribution in [0, 0.1) is 0 Å². The van der Waals surface area contributed by atoms with Gasteiger partial charge >= 0.3 is 0 Å². The minimum absolute atomic E-state index is 0.450. The molecule has 0 aromatic heterocycles. The van der Waals surface area contributed by atoms with Crippen molar-refractivity contribution in [2.45, 2.75) is 5.91 Å². The average Bonchev–Trinajstić information content (AvgIpc) is 1.93. The smallest absolute Gasteiger partial charge is 0.195 e. The third kappa shape index (κ3) is 2.79. The second kappa shape index (κ2) is 3.09. The Bertz CT molecular complexity index is 302. The molecule has 0 unspecified atom stereocenters. The Labute approximate surface area is 76.0 Å². The maximum Gasteiger partial charge on any atom is 0.195 e. The highest BCUT2D eigenvalue weighted by Gasteiger charge is 2.12. The molecule has 0 radical (unpaired) electrons. The summed E-state index contributed by atoms with van der Waals surface area (Å²) in [5.74, 6) is -1.48. The van der Waals surface area contributed by atoms with E-state index in [1.165, 1.54) is 0 Å². The molecule has 0 heterocycles. The zero-order valence-electron chi connectivity index (χ0n) is 7.12. The Hall–Kier alpha value is -1.50. The third-order valence-electron chi connectivity index (χ3n) is 1.43. The van der Waals surface area contributed by atoms with E-state index in [0.29, 0.717) is 17.1 Å². The van der Waals surface area contributed by atoms with Crippen molar-refractivity contribution in [3.63, 3.8) is 0 Å². The maximum atomic E-state index is 5.62. The normalized spacial score (nSPS) is 11.3. The fourth-order valence-electron chi connectivity index (χ4n) is 0.928. The molecule has 6 nitrogen and oxygen atoms in total. The molecule has 1 rings (SSSR count). The zero-order chi connectivity index (χ0) is 10.1. The SMILES string of the molecule is Nc1ccc(NC(N)(N)N)c(N)c1. The van der Waals surface area contributed by atoms with Gasteiger partial charge in [0.15, 0.2) is 5.91 Å². The lowest BCUT2D eigenvalue weighted by molar-refractivity contribution is 0.532. The van der Waals surface area contributed by atoms with Crippen LogP contribution in [0.15, 0.2) is 18.2 Å². The van der Waals surface area contributed by atoms with Gasteiger partial charge in [0.25, 0.3) is 0 Å². The van der Waals surface area contributed by atoms with E-state index in [1.54, 1.807) is 18.2 Å². The number of hydrogen-bond donors (Lipinski definition) is 6. The lowest BCUT2D eigenvalue weighted by atomic mass is 10.2. The number of benzene rings is 1. The first kappa shape index (κ1) is 9.59. The number of nitrogen functional groups attached to an aromatic ring is 2. The molecule has 0 aliphatic carbocycles. The van der Waals surface area contributed by atoms with Crippen molar-refractivity contribution in [2.24, 2.45) is 17.2 Å². The minimum Gasteiger partial charge on any atom is -0.399 e. The predicted octanol–water partition coefficient (Wildman–Crippen LogP) is -1.25. The van der Waals surface area contributed by atoms with Crippen LogP contribution in [0.1, 0.15) is 0 Å². The van der Waals surface area contributed by atoms with E-state index in [4.69, 9.17) is 28.7 Å². The quantitative estimate of drug-likeness (QED) is 0.249. The van der Waals surface area contributed by atoms with Gasteiger partial charge in [-0.1, -0.05) is 0 Å². The van der Waals surface area contributed by atoms with Crippen molar-refractivity contribution in [1.82, 2.24) is 0 Å². The summed E-state index contributed by atoms with van der Waals surface area (Å²) in [6.07, 6.45) is 0. The van der Waals surface area contributed by atoms with Crippen molar-refractivity contribution < 1.29 is 0 Å². The van der Waals surface area contributed by atoms with Crippen LogP contribution in [0.3, 0.4) is 0 Å². The monoisotopic (exact) mass is 182 g/mol. The summed E-state index contributed by atoms with van der Waals surface area (Å²) in [5, 5.41) is 2.63. The number of hydrogen-bond acceptors (Lipinski definition) is 6. The first-order valence-corrected chi connectivity index (χ1v) is 3.68. The summed E-state index contributed by atoms with van der Waals surface area (Å²) < 4.78 is 0. The highest BCUT2D eigenvalue weighted by molar-refractivity contribution is 5.71. The molecular weight excluding hydrogens is 168 g/mol. The Morgan fingerprint density at radius 1 is 1.08 bits per heavy atom. The van der Waals surface area contributed by atoms with Crippen LogP contribution in [-0.2, 0) is 0 Å². The van der Waals surface area contributed by atoms with Gasteiger partial charge in [-0.25, -0.2) is 0 Å². The second-order valence-electron chi connectivity index (χ2n) is 2.90. The molecule has 11 N–H and O–H groups in total. The third-order valence-corrected chi connectivity index (χ3v) is 1.43. The number of anilines is 3. The summed E-state index contributed by atoms with van der Waals surface area (Å²) in [4.78, 5) is 0. The van der Waals surface area contributed by atoms with Crippen LogP contribution in [0.2, 0.25) is 0 Å². The largest absolute Gasteiger partial charge is 0.399 e. The summed E-state index contributed by atoms with van der Waals surface area (Å²) in [5.41, 5.74) is 28.7. The minimum atomic E-state index is -1.48. The fraction of sp³-hybridized carbons (Fsp3) is 0.143. The van der Waals surface area contributed by atoms with Crippen LogP contribution < -0.4 is 34.0 Å². The summed E-state index contributed by atoms with van der Waals surface area (Å²) >= 11 is 0. The van der Waals surface area contributed by atoms with E-state index in [0.717, 1.165) is 0 Å². The number of nitrogens with one attached hydrogen (secondary N) is 1. The Morgan fingerprint density at radius 3 is 2.15 bits per heavy atom. The van der Waals surface area contributed by atoms with Gasteiger partial charge < -0.3 is 16.8 Å². The second-order valence-corrected chi connectivity index (χ2v) is 2.90. The van der Waals surface area contributed by atoms with E-state index in [1.807, 2.05) is 0 Å². The van der Waals surface area contributed by atoms with Crippen LogP contribution in [0.5, 0.6) is 0 Å². The van der Waals surface area contributed by atoms with E-state index in [-0.39, 0.29) is 0 Å². The number of rotatable bonds is 2. The van der Waals surface area contributed by atoms with Crippen molar-refractivity contribution in [3.05, 3.63) is 18.2 Å². The molecule has 13 heavy (non-hydrogen) atoms. The molecule has 1 aromatic carbocycles. The molecule has 0 fully saturated rings. The molecule has 6 heteroatoms. The fourth-order valence-corrected chi connectivity index (χ4v) is 0.928. The van der Waals surface area contributed by atoms with Crippen molar-refractivity contribution in [2.75, 3.05) is 16.8 Å². The zero-order valence-corrected chi connectivity index (χ0v) is 7.12. The van der Waals surface area contributed by atoms with Crippen LogP contribution in [-0.4, -0.2) is 5.91 Å². The average molecular weight is 182 g/mol.